The lowest BCUT2D eigenvalue weighted by molar-refractivity contribution is -0.115. The summed E-state index contributed by atoms with van der Waals surface area (Å²) >= 11 is 0. The molecule has 0 radical (unpaired) electrons. The maximum atomic E-state index is 12.9. The number of furan rings is 1. The molecule has 0 fully saturated rings. The van der Waals surface area contributed by atoms with Gasteiger partial charge in [-0.1, -0.05) is 38.1 Å². The SMILES string of the molecule is CCC(=O)Nc1cccc(C(=O)N(C)Cc2c(CC)oc3ccccc23)c1. The number of nitrogens with zero attached hydrogens (tertiary/aromatic N) is 1. The number of rotatable bonds is 6. The van der Waals surface area contributed by atoms with Crippen LogP contribution >= 0.6 is 0 Å². The fourth-order valence-electron chi connectivity index (χ4n) is 3.12. The van der Waals surface area contributed by atoms with Crippen LogP contribution in [-0.2, 0) is 17.8 Å². The van der Waals surface area contributed by atoms with Gasteiger partial charge in [0.1, 0.15) is 11.3 Å². The average molecular weight is 364 g/mol. The highest BCUT2D eigenvalue weighted by Crippen LogP contribution is 2.27. The molecule has 0 aliphatic heterocycles. The van der Waals surface area contributed by atoms with Gasteiger partial charge in [-0.15, -0.1) is 0 Å². The summed E-state index contributed by atoms with van der Waals surface area (Å²) in [6.45, 7) is 4.30. The molecule has 0 unspecified atom stereocenters. The van der Waals surface area contributed by atoms with E-state index in [4.69, 9.17) is 4.42 Å². The predicted molar refractivity (Wildman–Crippen MR) is 107 cm³/mol. The molecular formula is C22H24N2O3. The van der Waals surface area contributed by atoms with Crippen LogP contribution in [-0.4, -0.2) is 23.8 Å². The van der Waals surface area contributed by atoms with E-state index >= 15 is 0 Å². The van der Waals surface area contributed by atoms with E-state index in [1.54, 1.807) is 43.1 Å². The van der Waals surface area contributed by atoms with Crippen molar-refractivity contribution in [2.75, 3.05) is 12.4 Å². The van der Waals surface area contributed by atoms with Crippen LogP contribution in [0.5, 0.6) is 0 Å². The quantitative estimate of drug-likeness (QED) is 0.694. The number of carbonyl (C=O) groups is 2. The van der Waals surface area contributed by atoms with Gasteiger partial charge in [0.05, 0.1) is 0 Å². The Bertz CT molecular complexity index is 975. The van der Waals surface area contributed by atoms with Crippen molar-refractivity contribution in [1.82, 2.24) is 4.90 Å². The second kappa shape index (κ2) is 8.08. The number of para-hydroxylation sites is 1. The van der Waals surface area contributed by atoms with E-state index in [1.807, 2.05) is 31.2 Å². The lowest BCUT2D eigenvalue weighted by Gasteiger charge is -2.18. The lowest BCUT2D eigenvalue weighted by Crippen LogP contribution is -2.26. The summed E-state index contributed by atoms with van der Waals surface area (Å²) in [7, 11) is 1.78. The van der Waals surface area contributed by atoms with Crippen molar-refractivity contribution in [1.29, 1.82) is 0 Å². The third-order valence-electron chi connectivity index (χ3n) is 4.56. The summed E-state index contributed by atoms with van der Waals surface area (Å²) in [6, 6.07) is 14.9. The molecule has 0 saturated carbocycles. The molecule has 140 valence electrons. The van der Waals surface area contributed by atoms with Gasteiger partial charge in [-0.25, -0.2) is 0 Å². The summed E-state index contributed by atoms with van der Waals surface area (Å²) in [4.78, 5) is 26.2. The first-order valence-corrected chi connectivity index (χ1v) is 9.18. The minimum Gasteiger partial charge on any atom is -0.461 e. The highest BCUT2D eigenvalue weighted by atomic mass is 16.3. The Balaban J connectivity index is 1.83. The van der Waals surface area contributed by atoms with Gasteiger partial charge in [-0.3, -0.25) is 9.59 Å². The van der Waals surface area contributed by atoms with E-state index in [-0.39, 0.29) is 11.8 Å². The standard InChI is InChI=1S/C22H24N2O3/c1-4-19-18(17-11-6-7-12-20(17)27-19)14-24(3)22(26)15-9-8-10-16(13-15)23-21(25)5-2/h6-13H,4-5,14H2,1-3H3,(H,23,25). The zero-order valence-electron chi connectivity index (χ0n) is 15.9. The van der Waals surface area contributed by atoms with Gasteiger partial charge in [0.2, 0.25) is 5.91 Å². The second-order valence-corrected chi connectivity index (χ2v) is 6.50. The number of aryl methyl sites for hydroxylation is 1. The molecule has 0 aliphatic rings. The minimum atomic E-state index is -0.102. The third-order valence-corrected chi connectivity index (χ3v) is 4.56. The summed E-state index contributed by atoms with van der Waals surface area (Å²) in [5.41, 5.74) is 3.05. The molecule has 5 nitrogen and oxygen atoms in total. The molecule has 2 aromatic carbocycles. The van der Waals surface area contributed by atoms with Gasteiger partial charge < -0.3 is 14.6 Å². The lowest BCUT2D eigenvalue weighted by atomic mass is 10.1. The Morgan fingerprint density at radius 3 is 2.59 bits per heavy atom. The van der Waals surface area contributed by atoms with Gasteiger partial charge in [-0.2, -0.15) is 0 Å². The van der Waals surface area contributed by atoms with Crippen LogP contribution < -0.4 is 5.32 Å². The van der Waals surface area contributed by atoms with Crippen molar-refractivity contribution in [2.24, 2.45) is 0 Å². The molecule has 0 bridgehead atoms. The van der Waals surface area contributed by atoms with E-state index in [9.17, 15) is 9.59 Å². The third kappa shape index (κ3) is 4.03. The van der Waals surface area contributed by atoms with Crippen molar-refractivity contribution in [3.8, 4) is 0 Å². The minimum absolute atomic E-state index is 0.0783. The van der Waals surface area contributed by atoms with E-state index < -0.39 is 0 Å². The molecular weight excluding hydrogens is 340 g/mol. The summed E-state index contributed by atoms with van der Waals surface area (Å²) in [5, 5.41) is 3.83. The van der Waals surface area contributed by atoms with Crippen LogP contribution in [0.2, 0.25) is 0 Å². The number of fused-ring (bicyclic) bond motifs is 1. The van der Waals surface area contributed by atoms with Crippen LogP contribution in [0, 0.1) is 0 Å². The monoisotopic (exact) mass is 364 g/mol. The highest BCUT2D eigenvalue weighted by Gasteiger charge is 2.18. The fraction of sp³-hybridized carbons (Fsp3) is 0.273. The molecule has 0 atom stereocenters. The molecule has 0 spiro atoms. The number of hydrogen-bond acceptors (Lipinski definition) is 3. The first-order valence-electron chi connectivity index (χ1n) is 9.18. The van der Waals surface area contributed by atoms with Crippen molar-refractivity contribution in [3.63, 3.8) is 0 Å². The van der Waals surface area contributed by atoms with Gasteiger partial charge >= 0.3 is 0 Å². The molecule has 0 saturated heterocycles. The predicted octanol–water partition coefficient (Wildman–Crippen LogP) is 4.62. The van der Waals surface area contributed by atoms with Crippen molar-refractivity contribution >= 4 is 28.5 Å². The maximum absolute atomic E-state index is 12.9. The normalized spacial score (nSPS) is 10.8. The molecule has 3 rings (SSSR count). The number of nitrogens with one attached hydrogen (secondary N) is 1. The fourth-order valence-corrected chi connectivity index (χ4v) is 3.12. The van der Waals surface area contributed by atoms with Crippen molar-refractivity contribution in [2.45, 2.75) is 33.2 Å². The highest BCUT2D eigenvalue weighted by molar-refractivity contribution is 5.97. The van der Waals surface area contributed by atoms with E-state index in [0.29, 0.717) is 24.2 Å². The number of benzene rings is 2. The average Bonchev–Trinajstić information content (AvgIpc) is 3.05. The molecule has 3 aromatic rings. The molecule has 27 heavy (non-hydrogen) atoms. The molecule has 5 heteroatoms. The largest absolute Gasteiger partial charge is 0.461 e. The Labute approximate surface area is 159 Å². The van der Waals surface area contributed by atoms with Gasteiger partial charge in [0.25, 0.3) is 5.91 Å². The van der Waals surface area contributed by atoms with Crippen LogP contribution in [0.15, 0.2) is 52.9 Å². The summed E-state index contributed by atoms with van der Waals surface area (Å²) in [5.74, 6) is 0.722. The molecule has 1 aromatic heterocycles. The van der Waals surface area contributed by atoms with Crippen LogP contribution in [0.4, 0.5) is 5.69 Å². The molecule has 2 amide bonds. The Kier molecular flexibility index (Phi) is 5.60. The molecule has 0 aliphatic carbocycles. The van der Waals surface area contributed by atoms with Gasteiger partial charge in [-0.05, 0) is 24.3 Å². The number of amides is 2. The van der Waals surface area contributed by atoms with E-state index in [2.05, 4.69) is 5.32 Å². The maximum Gasteiger partial charge on any atom is 0.253 e. The van der Waals surface area contributed by atoms with Crippen molar-refractivity contribution < 1.29 is 14.0 Å². The zero-order valence-corrected chi connectivity index (χ0v) is 15.9. The van der Waals surface area contributed by atoms with Crippen LogP contribution in [0.3, 0.4) is 0 Å². The number of carbonyl (C=O) groups excluding carboxylic acids is 2. The van der Waals surface area contributed by atoms with Crippen LogP contribution in [0.1, 0.15) is 41.9 Å². The Morgan fingerprint density at radius 2 is 1.85 bits per heavy atom. The molecule has 1 heterocycles. The van der Waals surface area contributed by atoms with E-state index in [0.717, 1.165) is 28.7 Å². The first-order chi connectivity index (χ1) is 13.0. The number of anilines is 1. The first kappa shape index (κ1) is 18.7. The Hall–Kier alpha value is -3.08. The molecule has 1 N–H and O–H groups in total. The van der Waals surface area contributed by atoms with E-state index in [1.165, 1.54) is 0 Å². The summed E-state index contributed by atoms with van der Waals surface area (Å²) < 4.78 is 5.92. The van der Waals surface area contributed by atoms with Gasteiger partial charge in [0.15, 0.2) is 0 Å². The smallest absolute Gasteiger partial charge is 0.253 e. The second-order valence-electron chi connectivity index (χ2n) is 6.50. The van der Waals surface area contributed by atoms with Gasteiger partial charge in [0, 0.05) is 48.6 Å². The van der Waals surface area contributed by atoms with Crippen molar-refractivity contribution in [3.05, 3.63) is 65.4 Å². The summed E-state index contributed by atoms with van der Waals surface area (Å²) in [6.07, 6.45) is 1.16. The van der Waals surface area contributed by atoms with Crippen LogP contribution in [0.25, 0.3) is 11.0 Å². The number of hydrogen-bond donors (Lipinski definition) is 1. The zero-order chi connectivity index (χ0) is 19.4. The Morgan fingerprint density at radius 1 is 1.07 bits per heavy atom. The topological polar surface area (TPSA) is 62.6 Å².